The van der Waals surface area contributed by atoms with E-state index >= 15 is 0 Å². The molecular formula is C13H27N3O. The van der Waals surface area contributed by atoms with Gasteiger partial charge in [0.2, 0.25) is 5.91 Å². The summed E-state index contributed by atoms with van der Waals surface area (Å²) in [5.74, 6) is 0.710. The molecule has 0 aliphatic carbocycles. The van der Waals surface area contributed by atoms with Gasteiger partial charge >= 0.3 is 0 Å². The number of rotatable bonds is 6. The molecule has 0 radical (unpaired) electrons. The van der Waals surface area contributed by atoms with E-state index in [1.165, 1.54) is 6.42 Å². The number of nitrogens with one attached hydrogen (secondary N) is 1. The highest BCUT2D eigenvalue weighted by Gasteiger charge is 2.24. The van der Waals surface area contributed by atoms with Crippen molar-refractivity contribution in [3.8, 4) is 0 Å². The molecule has 1 heterocycles. The van der Waals surface area contributed by atoms with Crippen molar-refractivity contribution < 1.29 is 4.79 Å². The molecule has 1 rings (SSSR count). The molecule has 4 nitrogen and oxygen atoms in total. The average molecular weight is 241 g/mol. The predicted octanol–water partition coefficient (Wildman–Crippen LogP) is 0.960. The minimum absolute atomic E-state index is 0.00532. The molecule has 100 valence electrons. The minimum Gasteiger partial charge on any atom is -0.356 e. The van der Waals surface area contributed by atoms with Gasteiger partial charge in [0.15, 0.2) is 0 Å². The second-order valence-corrected chi connectivity index (χ2v) is 5.42. The largest absolute Gasteiger partial charge is 0.356 e. The molecule has 1 aliphatic rings. The molecule has 0 aromatic heterocycles. The third-order valence-corrected chi connectivity index (χ3v) is 3.61. The fourth-order valence-corrected chi connectivity index (χ4v) is 2.21. The summed E-state index contributed by atoms with van der Waals surface area (Å²) in [6.07, 6.45) is 2.51. The van der Waals surface area contributed by atoms with Crippen molar-refractivity contribution in [1.82, 2.24) is 10.2 Å². The van der Waals surface area contributed by atoms with Gasteiger partial charge in [0.1, 0.15) is 0 Å². The van der Waals surface area contributed by atoms with Crippen LogP contribution in [-0.2, 0) is 4.79 Å². The van der Waals surface area contributed by atoms with Crippen molar-refractivity contribution in [2.75, 3.05) is 19.6 Å². The van der Waals surface area contributed by atoms with Crippen molar-refractivity contribution in [3.63, 3.8) is 0 Å². The highest BCUT2D eigenvalue weighted by molar-refractivity contribution is 5.76. The lowest BCUT2D eigenvalue weighted by Crippen LogP contribution is -2.35. The molecule has 4 heteroatoms. The van der Waals surface area contributed by atoms with E-state index in [1.54, 1.807) is 0 Å². The number of likely N-dealkylation sites (tertiary alicyclic amines) is 1. The topological polar surface area (TPSA) is 58.4 Å². The maximum absolute atomic E-state index is 11.6. The van der Waals surface area contributed by atoms with Crippen molar-refractivity contribution in [2.45, 2.75) is 52.1 Å². The van der Waals surface area contributed by atoms with E-state index in [4.69, 9.17) is 5.73 Å². The fourth-order valence-electron chi connectivity index (χ4n) is 2.21. The zero-order valence-corrected chi connectivity index (χ0v) is 11.4. The summed E-state index contributed by atoms with van der Waals surface area (Å²) in [6, 6.07) is 0.620. The van der Waals surface area contributed by atoms with Crippen LogP contribution >= 0.6 is 0 Å². The van der Waals surface area contributed by atoms with Crippen molar-refractivity contribution in [3.05, 3.63) is 0 Å². The number of carbonyl (C=O) groups excluding carboxylic acids is 1. The average Bonchev–Trinajstić information content (AvgIpc) is 2.75. The summed E-state index contributed by atoms with van der Waals surface area (Å²) in [5.41, 5.74) is 5.75. The Hall–Kier alpha value is -0.610. The van der Waals surface area contributed by atoms with E-state index in [9.17, 15) is 4.79 Å². The number of hydrogen-bond acceptors (Lipinski definition) is 3. The van der Waals surface area contributed by atoms with Crippen LogP contribution in [0.1, 0.15) is 40.0 Å². The Morgan fingerprint density at radius 3 is 2.76 bits per heavy atom. The molecule has 17 heavy (non-hydrogen) atoms. The van der Waals surface area contributed by atoms with Gasteiger partial charge in [-0.1, -0.05) is 6.92 Å². The van der Waals surface area contributed by atoms with Crippen LogP contribution in [0, 0.1) is 5.92 Å². The number of amides is 1. The summed E-state index contributed by atoms with van der Waals surface area (Å²) in [6.45, 7) is 9.53. The van der Waals surface area contributed by atoms with Gasteiger partial charge in [-0.2, -0.15) is 0 Å². The monoisotopic (exact) mass is 241 g/mol. The molecule has 0 aromatic carbocycles. The first kappa shape index (κ1) is 14.5. The highest BCUT2D eigenvalue weighted by Crippen LogP contribution is 2.17. The quantitative estimate of drug-likeness (QED) is 0.728. The third-order valence-electron chi connectivity index (χ3n) is 3.61. The van der Waals surface area contributed by atoms with Crippen LogP contribution in [0.2, 0.25) is 0 Å². The first-order valence-corrected chi connectivity index (χ1v) is 6.79. The molecule has 0 spiro atoms. The first-order valence-electron chi connectivity index (χ1n) is 6.79. The molecule has 1 aliphatic heterocycles. The van der Waals surface area contributed by atoms with E-state index in [-0.39, 0.29) is 11.9 Å². The predicted molar refractivity (Wildman–Crippen MR) is 70.7 cm³/mol. The van der Waals surface area contributed by atoms with Crippen molar-refractivity contribution in [2.24, 2.45) is 11.7 Å². The van der Waals surface area contributed by atoms with Crippen LogP contribution in [-0.4, -0.2) is 42.5 Å². The highest BCUT2D eigenvalue weighted by atomic mass is 16.1. The van der Waals surface area contributed by atoms with Gasteiger partial charge in [-0.25, -0.2) is 0 Å². The van der Waals surface area contributed by atoms with E-state index in [2.05, 4.69) is 24.1 Å². The van der Waals surface area contributed by atoms with Gasteiger partial charge in [0, 0.05) is 31.6 Å². The Bertz CT molecular complexity index is 243. The van der Waals surface area contributed by atoms with Crippen molar-refractivity contribution in [1.29, 1.82) is 0 Å². The molecule has 2 atom stereocenters. The van der Waals surface area contributed by atoms with Crippen LogP contribution in [0.15, 0.2) is 0 Å². The van der Waals surface area contributed by atoms with Gasteiger partial charge in [0.05, 0.1) is 0 Å². The van der Waals surface area contributed by atoms with Crippen LogP contribution in [0.4, 0.5) is 0 Å². The lowest BCUT2D eigenvalue weighted by molar-refractivity contribution is -0.121. The van der Waals surface area contributed by atoms with E-state index < -0.39 is 0 Å². The van der Waals surface area contributed by atoms with E-state index in [0.717, 1.165) is 26.1 Å². The van der Waals surface area contributed by atoms with Crippen molar-refractivity contribution >= 4 is 5.91 Å². The SMILES string of the molecule is CCC(N)CC(=O)NCC1CCN(C(C)C)C1. The Morgan fingerprint density at radius 2 is 2.24 bits per heavy atom. The summed E-state index contributed by atoms with van der Waals surface area (Å²) in [7, 11) is 0. The van der Waals surface area contributed by atoms with Gasteiger partial charge in [0.25, 0.3) is 0 Å². The summed E-state index contributed by atoms with van der Waals surface area (Å²) >= 11 is 0. The second kappa shape index (κ2) is 6.97. The molecule has 2 unspecified atom stereocenters. The fraction of sp³-hybridized carbons (Fsp3) is 0.923. The number of carbonyl (C=O) groups is 1. The lowest BCUT2D eigenvalue weighted by atomic mass is 10.1. The number of nitrogens with zero attached hydrogens (tertiary/aromatic N) is 1. The van der Waals surface area contributed by atoms with Gasteiger partial charge < -0.3 is 16.0 Å². The van der Waals surface area contributed by atoms with Crippen LogP contribution < -0.4 is 11.1 Å². The second-order valence-electron chi connectivity index (χ2n) is 5.42. The maximum atomic E-state index is 11.6. The Labute approximate surface area is 105 Å². The minimum atomic E-state index is 0.00532. The van der Waals surface area contributed by atoms with Crippen LogP contribution in [0.5, 0.6) is 0 Å². The summed E-state index contributed by atoms with van der Waals surface area (Å²) in [4.78, 5) is 14.0. The Morgan fingerprint density at radius 1 is 1.53 bits per heavy atom. The van der Waals surface area contributed by atoms with Gasteiger partial charge in [-0.3, -0.25) is 4.79 Å². The number of nitrogens with two attached hydrogens (primary N) is 1. The normalized spacial score (nSPS) is 23.0. The van der Waals surface area contributed by atoms with E-state index in [1.807, 2.05) is 6.92 Å². The lowest BCUT2D eigenvalue weighted by Gasteiger charge is -2.20. The molecule has 1 amide bonds. The van der Waals surface area contributed by atoms with Gasteiger partial charge in [-0.15, -0.1) is 0 Å². The molecule has 3 N–H and O–H groups in total. The first-order chi connectivity index (χ1) is 8.02. The zero-order chi connectivity index (χ0) is 12.8. The maximum Gasteiger partial charge on any atom is 0.221 e. The molecule has 1 saturated heterocycles. The molecule has 0 aromatic rings. The molecule has 1 fully saturated rings. The Kier molecular flexibility index (Phi) is 5.92. The standard InChI is InChI=1S/C13H27N3O/c1-4-12(14)7-13(17)15-8-11-5-6-16(9-11)10(2)3/h10-12H,4-9,14H2,1-3H3,(H,15,17). The third kappa shape index (κ3) is 5.04. The zero-order valence-electron chi connectivity index (χ0n) is 11.4. The Balaban J connectivity index is 2.17. The van der Waals surface area contributed by atoms with Crippen LogP contribution in [0.25, 0.3) is 0 Å². The van der Waals surface area contributed by atoms with E-state index in [0.29, 0.717) is 18.4 Å². The molecule has 0 saturated carbocycles. The van der Waals surface area contributed by atoms with Gasteiger partial charge in [-0.05, 0) is 39.2 Å². The molecule has 0 bridgehead atoms. The smallest absolute Gasteiger partial charge is 0.221 e. The summed E-state index contributed by atoms with van der Waals surface area (Å²) < 4.78 is 0. The molecular weight excluding hydrogens is 214 g/mol. The summed E-state index contributed by atoms with van der Waals surface area (Å²) in [5, 5.41) is 3.00. The number of hydrogen-bond donors (Lipinski definition) is 2. The van der Waals surface area contributed by atoms with Crippen LogP contribution in [0.3, 0.4) is 0 Å².